The first-order valence-electron chi connectivity index (χ1n) is 6.02. The predicted molar refractivity (Wildman–Crippen MR) is 74.1 cm³/mol. The van der Waals surface area contributed by atoms with Gasteiger partial charge in [0.25, 0.3) is 0 Å². The van der Waals surface area contributed by atoms with E-state index < -0.39 is 5.54 Å². The van der Waals surface area contributed by atoms with E-state index in [4.69, 9.17) is 0 Å². The van der Waals surface area contributed by atoms with Crippen LogP contribution in [0, 0.1) is 0 Å². The van der Waals surface area contributed by atoms with Gasteiger partial charge in [-0.15, -0.1) is 11.3 Å². The van der Waals surface area contributed by atoms with Crippen LogP contribution in [0.5, 0.6) is 0 Å². The molecule has 0 unspecified atom stereocenters. The van der Waals surface area contributed by atoms with Gasteiger partial charge >= 0.3 is 0 Å². The first-order valence-corrected chi connectivity index (χ1v) is 6.84. The number of carbonyl (C=O) groups is 1. The van der Waals surface area contributed by atoms with Gasteiger partial charge in [0.2, 0.25) is 0 Å². The van der Waals surface area contributed by atoms with E-state index in [1.165, 1.54) is 22.0 Å². The van der Waals surface area contributed by atoms with Crippen molar-refractivity contribution in [1.82, 2.24) is 5.06 Å². The lowest BCUT2D eigenvalue weighted by Crippen LogP contribution is -2.55. The average molecular weight is 265 g/mol. The van der Waals surface area contributed by atoms with Crippen LogP contribution in [-0.4, -0.2) is 27.6 Å². The molecule has 0 saturated heterocycles. The number of hydrogen-bond acceptors (Lipinski definition) is 4. The standard InChI is InChI=1S/C14H19NO2S/c1-13(2)7-10(8-14(3,4)15(13)17)12-6-5-11(9-16)18-12/h5-7,9,17H,8H2,1-4H3. The zero-order valence-corrected chi connectivity index (χ0v) is 12.0. The van der Waals surface area contributed by atoms with Crippen molar-refractivity contribution in [3.8, 4) is 0 Å². The maximum Gasteiger partial charge on any atom is 0.160 e. The molecule has 1 aromatic rings. The number of thiophene rings is 1. The van der Waals surface area contributed by atoms with Crippen LogP contribution in [0.4, 0.5) is 0 Å². The van der Waals surface area contributed by atoms with Gasteiger partial charge in [-0.25, -0.2) is 0 Å². The maximum atomic E-state index is 10.8. The lowest BCUT2D eigenvalue weighted by atomic mass is 9.82. The second-order valence-electron chi connectivity index (χ2n) is 5.94. The Bertz CT molecular complexity index is 500. The molecule has 1 aliphatic heterocycles. The zero-order chi connectivity index (χ0) is 13.6. The number of carbonyl (C=O) groups excluding carboxylic acids is 1. The van der Waals surface area contributed by atoms with Crippen LogP contribution in [0.15, 0.2) is 18.2 Å². The van der Waals surface area contributed by atoms with Gasteiger partial charge in [-0.3, -0.25) is 4.79 Å². The van der Waals surface area contributed by atoms with E-state index >= 15 is 0 Å². The fraction of sp³-hybridized carbons (Fsp3) is 0.500. The zero-order valence-electron chi connectivity index (χ0n) is 11.2. The molecule has 0 fully saturated rings. The fourth-order valence-electron chi connectivity index (χ4n) is 2.61. The van der Waals surface area contributed by atoms with E-state index in [0.29, 0.717) is 0 Å². The van der Waals surface area contributed by atoms with Crippen LogP contribution in [0.1, 0.15) is 48.7 Å². The van der Waals surface area contributed by atoms with Crippen molar-refractivity contribution >= 4 is 23.2 Å². The molecule has 18 heavy (non-hydrogen) atoms. The van der Waals surface area contributed by atoms with Crippen LogP contribution in [0.25, 0.3) is 5.57 Å². The highest BCUT2D eigenvalue weighted by atomic mass is 32.1. The topological polar surface area (TPSA) is 40.5 Å². The van der Waals surface area contributed by atoms with Crippen molar-refractivity contribution in [2.45, 2.75) is 45.2 Å². The van der Waals surface area contributed by atoms with Gasteiger partial charge in [-0.05, 0) is 51.8 Å². The monoisotopic (exact) mass is 265 g/mol. The van der Waals surface area contributed by atoms with Crippen LogP contribution in [-0.2, 0) is 0 Å². The first kappa shape index (κ1) is 13.5. The van der Waals surface area contributed by atoms with E-state index in [-0.39, 0.29) is 5.54 Å². The molecule has 2 heterocycles. The third-order valence-corrected chi connectivity index (χ3v) is 4.42. The summed E-state index contributed by atoms with van der Waals surface area (Å²) in [5, 5.41) is 11.6. The summed E-state index contributed by atoms with van der Waals surface area (Å²) in [7, 11) is 0. The molecule has 0 spiro atoms. The lowest BCUT2D eigenvalue weighted by molar-refractivity contribution is -0.211. The SMILES string of the molecule is CC1(C)C=C(c2ccc(C=O)s2)CC(C)(C)N1O. The summed E-state index contributed by atoms with van der Waals surface area (Å²) >= 11 is 1.51. The van der Waals surface area contributed by atoms with E-state index in [9.17, 15) is 10.0 Å². The Morgan fingerprint density at radius 2 is 2.00 bits per heavy atom. The molecule has 98 valence electrons. The molecule has 1 N–H and O–H groups in total. The maximum absolute atomic E-state index is 10.8. The van der Waals surface area contributed by atoms with E-state index in [2.05, 4.69) is 6.08 Å². The van der Waals surface area contributed by atoms with Gasteiger partial charge in [0.1, 0.15) is 0 Å². The van der Waals surface area contributed by atoms with Gasteiger partial charge in [-0.1, -0.05) is 6.08 Å². The number of hydrogen-bond donors (Lipinski definition) is 1. The Hall–Kier alpha value is -0.970. The Morgan fingerprint density at radius 3 is 2.50 bits per heavy atom. The van der Waals surface area contributed by atoms with E-state index in [0.717, 1.165) is 22.5 Å². The number of nitrogens with zero attached hydrogens (tertiary/aromatic N) is 1. The second kappa shape index (κ2) is 4.30. The third kappa shape index (κ3) is 2.28. The minimum absolute atomic E-state index is 0.307. The average Bonchev–Trinajstić information content (AvgIpc) is 2.73. The minimum atomic E-state index is -0.400. The molecular weight excluding hydrogens is 246 g/mol. The van der Waals surface area contributed by atoms with Crippen molar-refractivity contribution in [3.63, 3.8) is 0 Å². The summed E-state index contributed by atoms with van der Waals surface area (Å²) in [5.41, 5.74) is 0.495. The fourth-order valence-corrected chi connectivity index (χ4v) is 3.44. The van der Waals surface area contributed by atoms with Crippen molar-refractivity contribution in [3.05, 3.63) is 28.0 Å². The number of hydroxylamine groups is 2. The van der Waals surface area contributed by atoms with Gasteiger partial charge in [0.05, 0.1) is 10.4 Å². The molecule has 0 amide bonds. The lowest BCUT2D eigenvalue weighted by Gasteiger charge is -2.47. The van der Waals surface area contributed by atoms with Crippen molar-refractivity contribution in [2.24, 2.45) is 0 Å². The molecule has 1 aliphatic rings. The number of aldehydes is 1. The van der Waals surface area contributed by atoms with Gasteiger partial charge in [0, 0.05) is 10.4 Å². The molecule has 0 aliphatic carbocycles. The van der Waals surface area contributed by atoms with Crippen molar-refractivity contribution in [2.75, 3.05) is 0 Å². The molecule has 1 aromatic heterocycles. The summed E-state index contributed by atoms with van der Waals surface area (Å²) in [4.78, 5) is 12.6. The van der Waals surface area contributed by atoms with Crippen LogP contribution in [0.3, 0.4) is 0 Å². The van der Waals surface area contributed by atoms with Crippen LogP contribution >= 0.6 is 11.3 Å². The summed E-state index contributed by atoms with van der Waals surface area (Å²) in [6, 6.07) is 3.83. The highest BCUT2D eigenvalue weighted by Gasteiger charge is 2.40. The molecule has 3 nitrogen and oxygen atoms in total. The Balaban J connectivity index is 2.42. The highest BCUT2D eigenvalue weighted by Crippen LogP contribution is 2.41. The number of rotatable bonds is 2. The molecule has 0 bridgehead atoms. The quantitative estimate of drug-likeness (QED) is 0.831. The molecule has 4 heteroatoms. The minimum Gasteiger partial charge on any atom is -0.313 e. The summed E-state index contributed by atoms with van der Waals surface area (Å²) in [5.74, 6) is 0. The van der Waals surface area contributed by atoms with E-state index in [1.54, 1.807) is 0 Å². The second-order valence-corrected chi connectivity index (χ2v) is 7.06. The third-order valence-electron chi connectivity index (χ3n) is 3.33. The van der Waals surface area contributed by atoms with Gasteiger partial charge in [0.15, 0.2) is 6.29 Å². The molecule has 0 radical (unpaired) electrons. The molecule has 0 atom stereocenters. The largest absolute Gasteiger partial charge is 0.313 e. The molecule has 0 aromatic carbocycles. The summed E-state index contributed by atoms with van der Waals surface area (Å²) in [6.45, 7) is 8.02. The van der Waals surface area contributed by atoms with Crippen molar-refractivity contribution in [1.29, 1.82) is 0 Å². The summed E-state index contributed by atoms with van der Waals surface area (Å²) < 4.78 is 0. The Kier molecular flexibility index (Phi) is 3.21. The Labute approximate surface area is 112 Å². The normalized spacial score (nSPS) is 22.6. The van der Waals surface area contributed by atoms with Crippen LogP contribution < -0.4 is 0 Å². The van der Waals surface area contributed by atoms with Crippen molar-refractivity contribution < 1.29 is 10.0 Å². The van der Waals surface area contributed by atoms with Gasteiger partial charge in [-0.2, -0.15) is 5.06 Å². The Morgan fingerprint density at radius 1 is 1.33 bits per heavy atom. The molecular formula is C14H19NO2S. The smallest absolute Gasteiger partial charge is 0.160 e. The predicted octanol–water partition coefficient (Wildman–Crippen LogP) is 3.60. The van der Waals surface area contributed by atoms with Gasteiger partial charge < -0.3 is 5.21 Å². The van der Waals surface area contributed by atoms with Crippen LogP contribution in [0.2, 0.25) is 0 Å². The highest BCUT2D eigenvalue weighted by molar-refractivity contribution is 7.14. The first-order chi connectivity index (χ1) is 8.26. The summed E-state index contributed by atoms with van der Waals surface area (Å²) in [6.07, 6.45) is 3.73. The van der Waals surface area contributed by atoms with E-state index in [1.807, 2.05) is 39.8 Å². The molecule has 0 saturated carbocycles. The molecule has 2 rings (SSSR count).